The molecule has 106 valence electrons. The van der Waals surface area contributed by atoms with Crippen LogP contribution in [0.4, 0.5) is 0 Å². The number of piperidine rings is 1. The van der Waals surface area contributed by atoms with Gasteiger partial charge in [-0.05, 0) is 44.0 Å². The molecule has 1 heterocycles. The molecule has 1 aromatic rings. The molecule has 1 fully saturated rings. The fourth-order valence-corrected chi connectivity index (χ4v) is 2.87. The van der Waals surface area contributed by atoms with Gasteiger partial charge < -0.3 is 9.64 Å². The van der Waals surface area contributed by atoms with E-state index >= 15 is 0 Å². The zero-order valence-corrected chi connectivity index (χ0v) is 13.1. The maximum absolute atomic E-state index is 6.22. The standard InChI is InChI=1S/C15H21Cl2NO/c1-3-10-19-15(6-8-18(2)9-7-15)12-4-5-13(16)14(17)11-12/h4-5,11H,3,6-10H2,1-2H3. The van der Waals surface area contributed by atoms with Crippen molar-refractivity contribution in [2.24, 2.45) is 0 Å². The van der Waals surface area contributed by atoms with Crippen LogP contribution in [-0.4, -0.2) is 31.6 Å². The van der Waals surface area contributed by atoms with Crippen molar-refractivity contribution in [1.82, 2.24) is 4.90 Å². The summed E-state index contributed by atoms with van der Waals surface area (Å²) in [4.78, 5) is 2.34. The lowest BCUT2D eigenvalue weighted by Gasteiger charge is -2.41. The van der Waals surface area contributed by atoms with Crippen molar-refractivity contribution in [2.45, 2.75) is 31.8 Å². The predicted molar refractivity (Wildman–Crippen MR) is 81.1 cm³/mol. The summed E-state index contributed by atoms with van der Waals surface area (Å²) in [7, 11) is 2.15. The minimum absolute atomic E-state index is 0.198. The van der Waals surface area contributed by atoms with E-state index in [-0.39, 0.29) is 5.60 Å². The van der Waals surface area contributed by atoms with Gasteiger partial charge in [-0.3, -0.25) is 0 Å². The lowest BCUT2D eigenvalue weighted by molar-refractivity contribution is -0.0867. The van der Waals surface area contributed by atoms with Crippen molar-refractivity contribution >= 4 is 23.2 Å². The summed E-state index contributed by atoms with van der Waals surface area (Å²) < 4.78 is 6.22. The lowest BCUT2D eigenvalue weighted by atomic mass is 9.84. The van der Waals surface area contributed by atoms with E-state index in [0.29, 0.717) is 10.0 Å². The average molecular weight is 302 g/mol. The normalized spacial score (nSPS) is 19.6. The first-order valence-electron chi connectivity index (χ1n) is 6.85. The van der Waals surface area contributed by atoms with Crippen molar-refractivity contribution in [3.8, 4) is 0 Å². The third-order valence-corrected chi connectivity index (χ3v) is 4.56. The Kier molecular flexibility index (Phi) is 5.13. The van der Waals surface area contributed by atoms with E-state index < -0.39 is 0 Å². The molecule has 0 N–H and O–H groups in total. The molecular formula is C15H21Cl2NO. The van der Waals surface area contributed by atoms with Gasteiger partial charge in [-0.2, -0.15) is 0 Å². The van der Waals surface area contributed by atoms with Gasteiger partial charge in [0.25, 0.3) is 0 Å². The van der Waals surface area contributed by atoms with E-state index in [1.54, 1.807) is 0 Å². The summed E-state index contributed by atoms with van der Waals surface area (Å²) in [5.74, 6) is 0. The van der Waals surface area contributed by atoms with Crippen LogP contribution in [0.25, 0.3) is 0 Å². The molecule has 0 aliphatic carbocycles. The van der Waals surface area contributed by atoms with Gasteiger partial charge in [0.2, 0.25) is 0 Å². The van der Waals surface area contributed by atoms with E-state index in [1.807, 2.05) is 12.1 Å². The van der Waals surface area contributed by atoms with Crippen LogP contribution < -0.4 is 0 Å². The molecule has 2 rings (SSSR count). The summed E-state index contributed by atoms with van der Waals surface area (Å²) in [6.07, 6.45) is 3.03. The SMILES string of the molecule is CCCOC1(c2ccc(Cl)c(Cl)c2)CCN(C)CC1. The van der Waals surface area contributed by atoms with Crippen LogP contribution in [0.1, 0.15) is 31.7 Å². The number of hydrogen-bond acceptors (Lipinski definition) is 2. The second kappa shape index (κ2) is 6.45. The third-order valence-electron chi connectivity index (χ3n) is 3.82. The number of rotatable bonds is 4. The van der Waals surface area contributed by atoms with E-state index in [4.69, 9.17) is 27.9 Å². The molecule has 2 nitrogen and oxygen atoms in total. The molecular weight excluding hydrogens is 281 g/mol. The lowest BCUT2D eigenvalue weighted by Crippen LogP contribution is -2.42. The van der Waals surface area contributed by atoms with Crippen LogP contribution in [-0.2, 0) is 10.3 Å². The Bertz CT molecular complexity index is 423. The smallest absolute Gasteiger partial charge is 0.0956 e. The molecule has 0 unspecified atom stereocenters. The second-order valence-electron chi connectivity index (χ2n) is 5.27. The van der Waals surface area contributed by atoms with Gasteiger partial charge >= 0.3 is 0 Å². The largest absolute Gasteiger partial charge is 0.370 e. The molecule has 1 aromatic carbocycles. The van der Waals surface area contributed by atoms with E-state index in [0.717, 1.165) is 44.5 Å². The third kappa shape index (κ3) is 3.43. The zero-order chi connectivity index (χ0) is 13.9. The van der Waals surface area contributed by atoms with Crippen LogP contribution in [0, 0.1) is 0 Å². The maximum Gasteiger partial charge on any atom is 0.0956 e. The molecule has 19 heavy (non-hydrogen) atoms. The first-order valence-corrected chi connectivity index (χ1v) is 7.61. The molecule has 0 spiro atoms. The average Bonchev–Trinajstić information content (AvgIpc) is 2.42. The van der Waals surface area contributed by atoms with Crippen molar-refractivity contribution in [3.05, 3.63) is 33.8 Å². The summed E-state index contributed by atoms with van der Waals surface area (Å²) in [5, 5.41) is 1.21. The van der Waals surface area contributed by atoms with Gasteiger partial charge in [-0.1, -0.05) is 36.2 Å². The van der Waals surface area contributed by atoms with Crippen molar-refractivity contribution in [2.75, 3.05) is 26.7 Å². The Hall–Kier alpha value is -0.280. The Morgan fingerprint density at radius 1 is 1.21 bits per heavy atom. The van der Waals surface area contributed by atoms with Gasteiger partial charge in [0.05, 0.1) is 15.6 Å². The first-order chi connectivity index (χ1) is 9.07. The molecule has 0 bridgehead atoms. The molecule has 1 saturated heterocycles. The fraction of sp³-hybridized carbons (Fsp3) is 0.600. The quantitative estimate of drug-likeness (QED) is 0.820. The van der Waals surface area contributed by atoms with Crippen molar-refractivity contribution in [1.29, 1.82) is 0 Å². The maximum atomic E-state index is 6.22. The molecule has 1 aliphatic rings. The van der Waals surface area contributed by atoms with E-state index in [2.05, 4.69) is 24.9 Å². The topological polar surface area (TPSA) is 12.5 Å². The number of halogens is 2. The van der Waals surface area contributed by atoms with Gasteiger partial charge in [0, 0.05) is 19.7 Å². The molecule has 0 saturated carbocycles. The highest BCUT2D eigenvalue weighted by Gasteiger charge is 2.36. The fourth-order valence-electron chi connectivity index (χ4n) is 2.57. The molecule has 0 aromatic heterocycles. The van der Waals surface area contributed by atoms with Crippen LogP contribution >= 0.6 is 23.2 Å². The van der Waals surface area contributed by atoms with Crippen LogP contribution in [0.15, 0.2) is 18.2 Å². The van der Waals surface area contributed by atoms with Gasteiger partial charge in [-0.15, -0.1) is 0 Å². The van der Waals surface area contributed by atoms with Crippen LogP contribution in [0.5, 0.6) is 0 Å². The highest BCUT2D eigenvalue weighted by molar-refractivity contribution is 6.42. The molecule has 4 heteroatoms. The zero-order valence-electron chi connectivity index (χ0n) is 11.6. The van der Waals surface area contributed by atoms with E-state index in [1.165, 1.54) is 0 Å². The molecule has 0 radical (unpaired) electrons. The molecule has 1 aliphatic heterocycles. The molecule has 0 amide bonds. The van der Waals surface area contributed by atoms with Crippen LogP contribution in [0.2, 0.25) is 10.0 Å². The minimum atomic E-state index is -0.198. The number of ether oxygens (including phenoxy) is 1. The van der Waals surface area contributed by atoms with E-state index in [9.17, 15) is 0 Å². The minimum Gasteiger partial charge on any atom is -0.370 e. The Balaban J connectivity index is 2.28. The number of benzene rings is 1. The Morgan fingerprint density at radius 2 is 1.89 bits per heavy atom. The second-order valence-corrected chi connectivity index (χ2v) is 6.09. The van der Waals surface area contributed by atoms with Gasteiger partial charge in [0.15, 0.2) is 0 Å². The predicted octanol–water partition coefficient (Wildman–Crippen LogP) is 4.34. The molecule has 0 atom stereocenters. The Labute approximate surface area is 125 Å². The summed E-state index contributed by atoms with van der Waals surface area (Å²) in [6.45, 7) is 5.01. The van der Waals surface area contributed by atoms with Crippen molar-refractivity contribution < 1.29 is 4.74 Å². The highest BCUT2D eigenvalue weighted by Crippen LogP contribution is 2.38. The highest BCUT2D eigenvalue weighted by atomic mass is 35.5. The van der Waals surface area contributed by atoms with Gasteiger partial charge in [0.1, 0.15) is 0 Å². The summed E-state index contributed by atoms with van der Waals surface area (Å²) in [6, 6.07) is 5.88. The summed E-state index contributed by atoms with van der Waals surface area (Å²) in [5.41, 5.74) is 0.958. The van der Waals surface area contributed by atoms with Crippen LogP contribution in [0.3, 0.4) is 0 Å². The summed E-state index contributed by atoms with van der Waals surface area (Å²) >= 11 is 12.2. The Morgan fingerprint density at radius 3 is 2.47 bits per heavy atom. The monoisotopic (exact) mass is 301 g/mol. The van der Waals surface area contributed by atoms with Crippen molar-refractivity contribution in [3.63, 3.8) is 0 Å². The first kappa shape index (κ1) is 15.1. The number of hydrogen-bond donors (Lipinski definition) is 0. The number of likely N-dealkylation sites (tertiary alicyclic amines) is 1. The van der Waals surface area contributed by atoms with Gasteiger partial charge in [-0.25, -0.2) is 0 Å². The number of nitrogens with zero attached hydrogens (tertiary/aromatic N) is 1.